The molecule has 4 rings (SSSR count). The molecule has 0 bridgehead atoms. The lowest BCUT2D eigenvalue weighted by Crippen LogP contribution is -2.27. The van der Waals surface area contributed by atoms with Crippen LogP contribution in [0.2, 0.25) is 0 Å². The van der Waals surface area contributed by atoms with Gasteiger partial charge in [-0.05, 0) is 23.8 Å². The van der Waals surface area contributed by atoms with Crippen LogP contribution < -0.4 is 4.90 Å². The Labute approximate surface area is 160 Å². The van der Waals surface area contributed by atoms with Gasteiger partial charge in [0.1, 0.15) is 0 Å². The molecule has 0 saturated carbocycles. The van der Waals surface area contributed by atoms with E-state index in [2.05, 4.69) is 22.2 Å². The number of nitrogens with zero attached hydrogens (tertiary/aromatic N) is 4. The largest absolute Gasteiger partial charge is 0.270 e. The molecule has 1 fully saturated rings. The minimum Gasteiger partial charge on any atom is -0.268 e. The monoisotopic (exact) mass is 378 g/mol. The number of thiocarbonyl (C=S) groups is 1. The average molecular weight is 378 g/mol. The predicted octanol–water partition coefficient (Wildman–Crippen LogP) is 3.73. The third-order valence-electron chi connectivity index (χ3n) is 3.84. The third-order valence-corrected chi connectivity index (χ3v) is 5.14. The van der Waals surface area contributed by atoms with Gasteiger partial charge in [0.15, 0.2) is 4.32 Å². The van der Waals surface area contributed by atoms with Crippen LogP contribution in [0, 0.1) is 0 Å². The van der Waals surface area contributed by atoms with Gasteiger partial charge >= 0.3 is 0 Å². The number of anilines is 1. The molecular weight excluding hydrogens is 364 g/mol. The quantitative estimate of drug-likeness (QED) is 0.511. The van der Waals surface area contributed by atoms with E-state index in [0.717, 1.165) is 5.56 Å². The lowest BCUT2D eigenvalue weighted by atomic mass is 10.2. The first-order chi connectivity index (χ1) is 12.7. The van der Waals surface area contributed by atoms with Gasteiger partial charge in [-0.15, -0.1) is 0 Å². The van der Waals surface area contributed by atoms with Gasteiger partial charge in [0.2, 0.25) is 0 Å². The second-order valence-corrected chi connectivity index (χ2v) is 7.36. The summed E-state index contributed by atoms with van der Waals surface area (Å²) in [5, 5.41) is 4.37. The van der Waals surface area contributed by atoms with Crippen LogP contribution in [0.15, 0.2) is 72.2 Å². The molecule has 26 heavy (non-hydrogen) atoms. The number of hydrogen-bond acceptors (Lipinski definition) is 5. The number of carbonyl (C=O) groups is 1. The molecule has 128 valence electrons. The summed E-state index contributed by atoms with van der Waals surface area (Å²) < 4.78 is 2.36. The van der Waals surface area contributed by atoms with Gasteiger partial charge in [0, 0.05) is 18.0 Å². The molecule has 2 aromatic heterocycles. The standard InChI is InChI=1S/C19H14N4OS2/c24-18-17(26-19(25)23(18)16-7-4-8-20-11-16)9-15-10-21-22(13-15)12-14-5-2-1-3-6-14/h1-11,13H,12H2/b17-9-. The molecule has 1 aliphatic rings. The molecular formula is C19H14N4OS2. The Morgan fingerprint density at radius 2 is 1.96 bits per heavy atom. The number of carbonyl (C=O) groups excluding carboxylic acids is 1. The fraction of sp³-hybridized carbons (Fsp3) is 0.0526. The molecule has 0 aliphatic carbocycles. The van der Waals surface area contributed by atoms with Gasteiger partial charge in [-0.25, -0.2) is 0 Å². The van der Waals surface area contributed by atoms with E-state index >= 15 is 0 Å². The molecule has 1 saturated heterocycles. The summed E-state index contributed by atoms with van der Waals surface area (Å²) in [6.07, 6.45) is 8.79. The second-order valence-electron chi connectivity index (χ2n) is 5.69. The van der Waals surface area contributed by atoms with Crippen LogP contribution in [-0.2, 0) is 11.3 Å². The summed E-state index contributed by atoms with van der Waals surface area (Å²) in [6.45, 7) is 0.686. The van der Waals surface area contributed by atoms with Gasteiger partial charge in [-0.2, -0.15) is 5.10 Å². The Bertz CT molecular complexity index is 983. The van der Waals surface area contributed by atoms with E-state index in [0.29, 0.717) is 21.5 Å². The van der Waals surface area contributed by atoms with Gasteiger partial charge in [-0.3, -0.25) is 19.4 Å². The normalized spacial score (nSPS) is 15.8. The number of hydrogen-bond donors (Lipinski definition) is 0. The maximum atomic E-state index is 12.7. The van der Waals surface area contributed by atoms with Crippen molar-refractivity contribution in [1.29, 1.82) is 0 Å². The molecule has 0 radical (unpaired) electrons. The molecule has 0 unspecified atom stereocenters. The van der Waals surface area contributed by atoms with E-state index in [1.165, 1.54) is 22.2 Å². The first-order valence-corrected chi connectivity index (χ1v) is 9.17. The van der Waals surface area contributed by atoms with Gasteiger partial charge in [0.05, 0.1) is 29.5 Å². The number of amides is 1. The Morgan fingerprint density at radius 1 is 1.12 bits per heavy atom. The van der Waals surface area contributed by atoms with Crippen LogP contribution in [0.4, 0.5) is 5.69 Å². The summed E-state index contributed by atoms with van der Waals surface area (Å²) in [4.78, 5) is 18.9. The Hall–Kier alpha value is -2.77. The van der Waals surface area contributed by atoms with Crippen molar-refractivity contribution in [2.45, 2.75) is 6.54 Å². The minimum absolute atomic E-state index is 0.135. The van der Waals surface area contributed by atoms with Crippen molar-refractivity contribution in [1.82, 2.24) is 14.8 Å². The number of pyridine rings is 1. The zero-order chi connectivity index (χ0) is 17.9. The molecule has 3 aromatic rings. The summed E-state index contributed by atoms with van der Waals surface area (Å²) in [5.41, 5.74) is 2.72. The molecule has 1 aromatic carbocycles. The zero-order valence-electron chi connectivity index (χ0n) is 13.6. The third kappa shape index (κ3) is 3.44. The average Bonchev–Trinajstić information content (AvgIpc) is 3.21. The molecule has 1 aliphatic heterocycles. The van der Waals surface area contributed by atoms with Crippen LogP contribution in [0.3, 0.4) is 0 Å². The second kappa shape index (κ2) is 7.23. The van der Waals surface area contributed by atoms with Gasteiger partial charge in [-0.1, -0.05) is 54.3 Å². The van der Waals surface area contributed by atoms with Crippen molar-refractivity contribution in [3.05, 3.63) is 83.3 Å². The maximum absolute atomic E-state index is 12.7. The summed E-state index contributed by atoms with van der Waals surface area (Å²) in [7, 11) is 0. The SMILES string of the molecule is O=C1/C(=C/c2cnn(Cc3ccccc3)c2)SC(=S)N1c1cccnc1. The molecule has 0 N–H and O–H groups in total. The van der Waals surface area contributed by atoms with E-state index < -0.39 is 0 Å². The highest BCUT2D eigenvalue weighted by molar-refractivity contribution is 8.27. The summed E-state index contributed by atoms with van der Waals surface area (Å²) >= 11 is 6.65. The molecule has 0 spiro atoms. The molecule has 5 nitrogen and oxygen atoms in total. The number of benzene rings is 1. The first kappa shape index (κ1) is 16.7. The van der Waals surface area contributed by atoms with Crippen molar-refractivity contribution in [3.8, 4) is 0 Å². The lowest BCUT2D eigenvalue weighted by Gasteiger charge is -2.13. The highest BCUT2D eigenvalue weighted by atomic mass is 32.2. The van der Waals surface area contributed by atoms with Crippen molar-refractivity contribution in [3.63, 3.8) is 0 Å². The molecule has 3 heterocycles. The van der Waals surface area contributed by atoms with Crippen molar-refractivity contribution in [2.24, 2.45) is 0 Å². The molecule has 1 amide bonds. The van der Waals surface area contributed by atoms with E-state index in [1.807, 2.05) is 41.2 Å². The van der Waals surface area contributed by atoms with Crippen LogP contribution in [0.5, 0.6) is 0 Å². The van der Waals surface area contributed by atoms with E-state index in [1.54, 1.807) is 24.7 Å². The summed E-state index contributed by atoms with van der Waals surface area (Å²) in [6, 6.07) is 13.7. The fourth-order valence-corrected chi connectivity index (χ4v) is 3.94. The van der Waals surface area contributed by atoms with Crippen molar-refractivity contribution in [2.75, 3.05) is 4.90 Å². The lowest BCUT2D eigenvalue weighted by molar-refractivity contribution is -0.113. The smallest absolute Gasteiger partial charge is 0.268 e. The zero-order valence-corrected chi connectivity index (χ0v) is 15.3. The highest BCUT2D eigenvalue weighted by Gasteiger charge is 2.33. The van der Waals surface area contributed by atoms with Crippen LogP contribution in [0.1, 0.15) is 11.1 Å². The van der Waals surface area contributed by atoms with Gasteiger partial charge in [0.25, 0.3) is 5.91 Å². The number of aromatic nitrogens is 3. The molecule has 0 atom stereocenters. The van der Waals surface area contributed by atoms with E-state index in [4.69, 9.17) is 12.2 Å². The van der Waals surface area contributed by atoms with Crippen LogP contribution in [-0.4, -0.2) is 25.0 Å². The maximum Gasteiger partial charge on any atom is 0.270 e. The van der Waals surface area contributed by atoms with E-state index in [9.17, 15) is 4.79 Å². The van der Waals surface area contributed by atoms with Crippen molar-refractivity contribution < 1.29 is 4.79 Å². The number of thioether (sulfide) groups is 1. The van der Waals surface area contributed by atoms with Crippen LogP contribution in [0.25, 0.3) is 6.08 Å². The Balaban J connectivity index is 1.54. The van der Waals surface area contributed by atoms with Crippen LogP contribution >= 0.6 is 24.0 Å². The first-order valence-electron chi connectivity index (χ1n) is 7.95. The fourth-order valence-electron chi connectivity index (χ4n) is 2.64. The van der Waals surface area contributed by atoms with E-state index in [-0.39, 0.29) is 5.91 Å². The van der Waals surface area contributed by atoms with Gasteiger partial charge < -0.3 is 0 Å². The predicted molar refractivity (Wildman–Crippen MR) is 108 cm³/mol. The minimum atomic E-state index is -0.135. The summed E-state index contributed by atoms with van der Waals surface area (Å²) in [5.74, 6) is -0.135. The highest BCUT2D eigenvalue weighted by Crippen LogP contribution is 2.35. The van der Waals surface area contributed by atoms with Crippen molar-refractivity contribution >= 4 is 46.0 Å². The number of rotatable bonds is 4. The topological polar surface area (TPSA) is 51.0 Å². The Morgan fingerprint density at radius 3 is 2.73 bits per heavy atom. The molecule has 7 heteroatoms. The Kier molecular flexibility index (Phi) is 4.64.